The van der Waals surface area contributed by atoms with Gasteiger partial charge in [-0.15, -0.1) is 17.9 Å². The maximum atomic E-state index is 11.9. The summed E-state index contributed by atoms with van der Waals surface area (Å²) in [6, 6.07) is 3.60. The number of nitrogens with zero attached hydrogens (tertiary/aromatic N) is 2. The van der Waals surface area contributed by atoms with E-state index >= 15 is 0 Å². The van der Waals surface area contributed by atoms with E-state index in [-0.39, 0.29) is 22.1 Å². The topological polar surface area (TPSA) is 123 Å². The molecule has 1 aromatic carbocycles. The molecule has 136 valence electrons. The number of rotatable bonds is 8. The fourth-order valence-electron chi connectivity index (χ4n) is 1.72. The number of benzene rings is 1. The normalized spacial score (nSPS) is 10.0. The second-order valence-corrected chi connectivity index (χ2v) is 6.02. The molecule has 11 heteroatoms. The van der Waals surface area contributed by atoms with Crippen LogP contribution in [0.2, 0.25) is 5.02 Å². The van der Waals surface area contributed by atoms with Crippen LogP contribution in [0, 0.1) is 10.1 Å². The Labute approximate surface area is 156 Å². The van der Waals surface area contributed by atoms with E-state index in [0.29, 0.717) is 11.7 Å². The van der Waals surface area contributed by atoms with Gasteiger partial charge in [0.05, 0.1) is 15.6 Å². The van der Waals surface area contributed by atoms with Crippen molar-refractivity contribution < 1.29 is 19.2 Å². The number of amides is 1. The Kier molecular flexibility index (Phi) is 6.64. The summed E-state index contributed by atoms with van der Waals surface area (Å²) in [5, 5.41) is 18.2. The Morgan fingerprint density at radius 3 is 2.92 bits per heavy atom. The van der Waals surface area contributed by atoms with Crippen LogP contribution in [0.25, 0.3) is 0 Å². The summed E-state index contributed by atoms with van der Waals surface area (Å²) >= 11 is 7.09. The van der Waals surface area contributed by atoms with Crippen molar-refractivity contribution >= 4 is 51.3 Å². The molecule has 0 aliphatic carbocycles. The predicted molar refractivity (Wildman–Crippen MR) is 97.8 cm³/mol. The van der Waals surface area contributed by atoms with E-state index in [0.717, 1.165) is 6.07 Å². The zero-order chi connectivity index (χ0) is 19.1. The van der Waals surface area contributed by atoms with E-state index in [1.54, 1.807) is 6.08 Å². The van der Waals surface area contributed by atoms with Gasteiger partial charge in [-0.1, -0.05) is 17.7 Å². The van der Waals surface area contributed by atoms with Gasteiger partial charge in [0, 0.05) is 24.1 Å². The molecule has 26 heavy (non-hydrogen) atoms. The summed E-state index contributed by atoms with van der Waals surface area (Å²) in [7, 11) is 0. The lowest BCUT2D eigenvalue weighted by Gasteiger charge is -2.07. The van der Waals surface area contributed by atoms with Gasteiger partial charge < -0.3 is 15.4 Å². The summed E-state index contributed by atoms with van der Waals surface area (Å²) in [5.74, 6) is -1.46. The molecule has 2 aromatic rings. The number of nitro groups is 1. The number of thiazole rings is 1. The monoisotopic (exact) mass is 396 g/mol. The first-order chi connectivity index (χ1) is 12.4. The third-order valence-electron chi connectivity index (χ3n) is 2.88. The Morgan fingerprint density at radius 2 is 2.23 bits per heavy atom. The molecule has 9 nitrogen and oxygen atoms in total. The van der Waals surface area contributed by atoms with Gasteiger partial charge in [0.25, 0.3) is 11.6 Å². The van der Waals surface area contributed by atoms with Gasteiger partial charge in [0.2, 0.25) is 0 Å². The van der Waals surface area contributed by atoms with Crippen LogP contribution in [0.1, 0.15) is 10.5 Å². The Balaban J connectivity index is 1.91. The van der Waals surface area contributed by atoms with Gasteiger partial charge in [-0.3, -0.25) is 14.9 Å². The van der Waals surface area contributed by atoms with Crippen LogP contribution in [0.4, 0.5) is 16.5 Å². The van der Waals surface area contributed by atoms with Crippen LogP contribution in [0.5, 0.6) is 0 Å². The van der Waals surface area contributed by atoms with Crippen molar-refractivity contribution in [2.45, 2.75) is 0 Å². The quantitative estimate of drug-likeness (QED) is 0.304. The van der Waals surface area contributed by atoms with Crippen LogP contribution in [0.3, 0.4) is 0 Å². The number of aromatic nitrogens is 1. The van der Waals surface area contributed by atoms with Crippen LogP contribution >= 0.6 is 22.9 Å². The number of anilines is 2. The minimum absolute atomic E-state index is 0.0477. The number of carbonyl (C=O) groups excluding carboxylic acids is 2. The lowest BCUT2D eigenvalue weighted by atomic mass is 10.3. The van der Waals surface area contributed by atoms with Gasteiger partial charge in [0.1, 0.15) is 0 Å². The first kappa shape index (κ1) is 19.3. The van der Waals surface area contributed by atoms with Crippen molar-refractivity contribution in [3.63, 3.8) is 0 Å². The molecule has 1 heterocycles. The molecule has 2 N–H and O–H groups in total. The van der Waals surface area contributed by atoms with Crippen molar-refractivity contribution in [1.82, 2.24) is 4.98 Å². The molecule has 0 aliphatic rings. The molecular weight excluding hydrogens is 384 g/mol. The van der Waals surface area contributed by atoms with Gasteiger partial charge in [0.15, 0.2) is 17.4 Å². The number of halogens is 1. The van der Waals surface area contributed by atoms with Gasteiger partial charge in [-0.2, -0.15) is 0 Å². The highest BCUT2D eigenvalue weighted by atomic mass is 35.5. The molecule has 0 aliphatic heterocycles. The molecule has 2 rings (SSSR count). The van der Waals surface area contributed by atoms with Gasteiger partial charge in [-0.25, -0.2) is 9.78 Å². The van der Waals surface area contributed by atoms with E-state index in [2.05, 4.69) is 22.2 Å². The number of non-ortho nitro benzene ring substituents is 1. The molecule has 1 aromatic heterocycles. The Hall–Kier alpha value is -2.98. The summed E-state index contributed by atoms with van der Waals surface area (Å²) < 4.78 is 4.87. The summed E-state index contributed by atoms with van der Waals surface area (Å²) in [5.41, 5.74) is -0.127. The molecule has 0 saturated heterocycles. The lowest BCUT2D eigenvalue weighted by Crippen LogP contribution is -2.21. The average molecular weight is 397 g/mol. The summed E-state index contributed by atoms with van der Waals surface area (Å²) in [4.78, 5) is 37.9. The number of hydrogen-bond acceptors (Lipinski definition) is 8. The number of carbonyl (C=O) groups is 2. The largest absolute Gasteiger partial charge is 0.451 e. The van der Waals surface area contributed by atoms with Crippen LogP contribution in [0.15, 0.2) is 36.2 Å². The Bertz CT molecular complexity index is 854. The van der Waals surface area contributed by atoms with E-state index in [4.69, 9.17) is 16.3 Å². The van der Waals surface area contributed by atoms with Crippen molar-refractivity contribution in [2.24, 2.45) is 0 Å². The predicted octanol–water partition coefficient (Wildman–Crippen LogP) is 3.10. The fraction of sp³-hybridized carbons (Fsp3) is 0.133. The van der Waals surface area contributed by atoms with Crippen molar-refractivity contribution in [2.75, 3.05) is 23.8 Å². The fourth-order valence-corrected chi connectivity index (χ4v) is 2.58. The summed E-state index contributed by atoms with van der Waals surface area (Å²) in [6.07, 6.45) is 1.64. The molecular formula is C15H13ClN4O5S. The molecule has 0 saturated carbocycles. The standard InChI is InChI=1S/C15H13ClN4O5S/c1-2-5-17-15-19-12(8-26-15)14(22)25-7-13(21)18-11-6-9(20(23)24)3-4-10(11)16/h2-4,6,8H,1,5,7H2,(H,17,19)(H,18,21). The third-order valence-corrected chi connectivity index (χ3v) is 4.01. The van der Waals surface area contributed by atoms with Crippen LogP contribution in [-0.2, 0) is 9.53 Å². The van der Waals surface area contributed by atoms with Crippen LogP contribution < -0.4 is 10.6 Å². The van der Waals surface area contributed by atoms with E-state index in [1.165, 1.54) is 28.8 Å². The molecule has 0 fully saturated rings. The number of nitrogens with one attached hydrogen (secondary N) is 2. The highest BCUT2D eigenvalue weighted by molar-refractivity contribution is 7.13. The summed E-state index contributed by atoms with van der Waals surface area (Å²) in [6.45, 7) is 3.46. The van der Waals surface area contributed by atoms with E-state index < -0.39 is 23.4 Å². The third kappa shape index (κ3) is 5.26. The molecule has 1 amide bonds. The minimum atomic E-state index is -0.770. The second kappa shape index (κ2) is 8.92. The van der Waals surface area contributed by atoms with Crippen molar-refractivity contribution in [1.29, 1.82) is 0 Å². The zero-order valence-corrected chi connectivity index (χ0v) is 14.8. The highest BCUT2D eigenvalue weighted by Crippen LogP contribution is 2.26. The van der Waals surface area contributed by atoms with E-state index in [9.17, 15) is 19.7 Å². The zero-order valence-electron chi connectivity index (χ0n) is 13.2. The maximum Gasteiger partial charge on any atom is 0.358 e. The number of hydrogen-bond donors (Lipinski definition) is 2. The maximum absolute atomic E-state index is 11.9. The number of esters is 1. The molecule has 0 unspecified atom stereocenters. The molecule has 0 bridgehead atoms. The van der Waals surface area contributed by atoms with Gasteiger partial charge >= 0.3 is 5.97 Å². The number of ether oxygens (including phenoxy) is 1. The number of nitro benzene ring substituents is 1. The first-order valence-electron chi connectivity index (χ1n) is 7.12. The van der Waals surface area contributed by atoms with Gasteiger partial charge in [-0.05, 0) is 6.07 Å². The van der Waals surface area contributed by atoms with Crippen LogP contribution in [-0.4, -0.2) is 34.9 Å². The molecule has 0 spiro atoms. The van der Waals surface area contributed by atoms with Crippen molar-refractivity contribution in [3.05, 3.63) is 57.1 Å². The smallest absolute Gasteiger partial charge is 0.358 e. The molecule has 0 atom stereocenters. The SMILES string of the molecule is C=CCNc1nc(C(=O)OCC(=O)Nc2cc([N+](=O)[O-])ccc2Cl)cs1. The second-order valence-electron chi connectivity index (χ2n) is 4.75. The van der Waals surface area contributed by atoms with E-state index in [1.807, 2.05) is 0 Å². The average Bonchev–Trinajstić information content (AvgIpc) is 3.08. The lowest BCUT2D eigenvalue weighted by molar-refractivity contribution is -0.384. The highest BCUT2D eigenvalue weighted by Gasteiger charge is 2.16. The minimum Gasteiger partial charge on any atom is -0.451 e. The Morgan fingerprint density at radius 1 is 1.46 bits per heavy atom. The molecule has 0 radical (unpaired) electrons. The first-order valence-corrected chi connectivity index (χ1v) is 8.37. The van der Waals surface area contributed by atoms with Crippen molar-refractivity contribution in [3.8, 4) is 0 Å².